The highest BCUT2D eigenvalue weighted by Gasteiger charge is 2.12. The van der Waals surface area contributed by atoms with E-state index in [0.717, 1.165) is 10.6 Å². The molecule has 0 bridgehead atoms. The van der Waals surface area contributed by atoms with Gasteiger partial charge in [-0.05, 0) is 35.9 Å². The van der Waals surface area contributed by atoms with Crippen LogP contribution in [0.15, 0.2) is 48.5 Å². The fourth-order valence-corrected chi connectivity index (χ4v) is 2.46. The Morgan fingerprint density at radius 1 is 1.17 bits per heavy atom. The average molecular weight is 336 g/mol. The third-order valence-corrected chi connectivity index (χ3v) is 4.47. The normalized spacial score (nSPS) is 11.1. The first-order valence-electron chi connectivity index (χ1n) is 6.84. The molecule has 2 aromatic carbocycles. The molecule has 0 saturated carbocycles. The van der Waals surface area contributed by atoms with Gasteiger partial charge in [0.1, 0.15) is 5.82 Å². The lowest BCUT2D eigenvalue weighted by molar-refractivity contribution is -0.115. The lowest BCUT2D eigenvalue weighted by Crippen LogP contribution is -2.25. The van der Waals surface area contributed by atoms with Gasteiger partial charge in [-0.1, -0.05) is 18.2 Å². The highest BCUT2D eigenvalue weighted by atomic mass is 32.2. The Morgan fingerprint density at radius 3 is 2.43 bits per heavy atom. The summed E-state index contributed by atoms with van der Waals surface area (Å²) in [6.07, 6.45) is 1.21. The number of anilines is 2. The molecule has 2 aromatic rings. The van der Waals surface area contributed by atoms with Crippen LogP contribution in [0.25, 0.3) is 0 Å². The summed E-state index contributed by atoms with van der Waals surface area (Å²) in [5.74, 6) is -0.624. The molecule has 23 heavy (non-hydrogen) atoms. The second-order valence-corrected chi connectivity index (χ2v) is 7.15. The van der Waals surface area contributed by atoms with Gasteiger partial charge in [0.25, 0.3) is 0 Å². The van der Waals surface area contributed by atoms with Gasteiger partial charge in [-0.25, -0.2) is 12.8 Å². The monoisotopic (exact) mass is 336 g/mol. The number of carbonyl (C=O) groups is 1. The zero-order chi connectivity index (χ0) is 17.0. The summed E-state index contributed by atoms with van der Waals surface area (Å²) >= 11 is 0. The largest absolute Gasteiger partial charge is 0.326 e. The summed E-state index contributed by atoms with van der Waals surface area (Å²) in [5, 5.41) is 2.70. The summed E-state index contributed by atoms with van der Waals surface area (Å²) in [5.41, 5.74) is 1.63. The van der Waals surface area contributed by atoms with E-state index in [2.05, 4.69) is 5.32 Å². The van der Waals surface area contributed by atoms with Crippen molar-refractivity contribution in [2.75, 3.05) is 22.9 Å². The van der Waals surface area contributed by atoms with E-state index in [-0.39, 0.29) is 18.1 Å². The number of halogens is 1. The van der Waals surface area contributed by atoms with E-state index < -0.39 is 10.0 Å². The van der Waals surface area contributed by atoms with E-state index in [1.54, 1.807) is 36.4 Å². The molecule has 0 spiro atoms. The Kier molecular flexibility index (Phi) is 5.00. The molecule has 0 radical (unpaired) electrons. The summed E-state index contributed by atoms with van der Waals surface area (Å²) in [7, 11) is -1.93. The smallest absolute Gasteiger partial charge is 0.231 e. The van der Waals surface area contributed by atoms with Crippen molar-refractivity contribution in [2.45, 2.75) is 6.42 Å². The number of hydrogen-bond donors (Lipinski definition) is 1. The minimum absolute atomic E-state index is 0.104. The van der Waals surface area contributed by atoms with Gasteiger partial charge >= 0.3 is 0 Å². The molecule has 5 nitrogen and oxygen atoms in total. The molecule has 2 rings (SSSR count). The number of nitrogens with one attached hydrogen (secondary N) is 1. The first-order chi connectivity index (χ1) is 10.8. The average Bonchev–Trinajstić information content (AvgIpc) is 2.48. The maximum atomic E-state index is 12.8. The molecular weight excluding hydrogens is 319 g/mol. The van der Waals surface area contributed by atoms with E-state index in [1.807, 2.05) is 0 Å². The van der Waals surface area contributed by atoms with Crippen LogP contribution in [0.1, 0.15) is 5.56 Å². The second kappa shape index (κ2) is 6.78. The molecular formula is C16H17FN2O3S. The molecule has 0 aromatic heterocycles. The number of hydrogen-bond acceptors (Lipinski definition) is 3. The Morgan fingerprint density at radius 2 is 1.83 bits per heavy atom. The van der Waals surface area contributed by atoms with Crippen molar-refractivity contribution >= 4 is 27.3 Å². The van der Waals surface area contributed by atoms with E-state index in [4.69, 9.17) is 0 Å². The first kappa shape index (κ1) is 17.0. The predicted molar refractivity (Wildman–Crippen MR) is 88.4 cm³/mol. The van der Waals surface area contributed by atoms with E-state index >= 15 is 0 Å². The van der Waals surface area contributed by atoms with Crippen LogP contribution in [0, 0.1) is 5.82 Å². The maximum absolute atomic E-state index is 12.8. The van der Waals surface area contributed by atoms with Crippen molar-refractivity contribution in [3.05, 3.63) is 59.9 Å². The number of rotatable bonds is 5. The standard InChI is InChI=1S/C16H17FN2O3S/c1-19(23(2,21)22)15-5-3-4-14(11-15)18-16(20)10-12-6-8-13(17)9-7-12/h3-9,11H,10H2,1-2H3,(H,18,20). The lowest BCUT2D eigenvalue weighted by atomic mass is 10.1. The Hall–Kier alpha value is -2.41. The topological polar surface area (TPSA) is 66.5 Å². The van der Waals surface area contributed by atoms with Gasteiger partial charge < -0.3 is 5.32 Å². The van der Waals surface area contributed by atoms with Crippen LogP contribution in [0.4, 0.5) is 15.8 Å². The van der Waals surface area contributed by atoms with Crippen molar-refractivity contribution in [2.24, 2.45) is 0 Å². The van der Waals surface area contributed by atoms with Crippen molar-refractivity contribution in [1.29, 1.82) is 0 Å². The summed E-state index contributed by atoms with van der Waals surface area (Å²) in [4.78, 5) is 12.0. The van der Waals surface area contributed by atoms with Crippen molar-refractivity contribution in [3.63, 3.8) is 0 Å². The van der Waals surface area contributed by atoms with Gasteiger partial charge in [0.2, 0.25) is 15.9 Å². The minimum Gasteiger partial charge on any atom is -0.326 e. The van der Waals surface area contributed by atoms with E-state index in [0.29, 0.717) is 16.9 Å². The third kappa shape index (κ3) is 4.79. The second-order valence-electron chi connectivity index (χ2n) is 5.13. The molecule has 1 N–H and O–H groups in total. The van der Waals surface area contributed by atoms with Crippen molar-refractivity contribution in [1.82, 2.24) is 0 Å². The van der Waals surface area contributed by atoms with Crippen molar-refractivity contribution in [3.8, 4) is 0 Å². The molecule has 0 aliphatic rings. The highest BCUT2D eigenvalue weighted by Crippen LogP contribution is 2.20. The summed E-state index contributed by atoms with van der Waals surface area (Å²) in [6, 6.07) is 12.2. The number of benzene rings is 2. The molecule has 0 unspecified atom stereocenters. The van der Waals surface area contributed by atoms with Crippen LogP contribution in [-0.2, 0) is 21.2 Å². The number of nitrogens with zero attached hydrogens (tertiary/aromatic N) is 1. The first-order valence-corrected chi connectivity index (χ1v) is 8.69. The molecule has 122 valence electrons. The van der Waals surface area contributed by atoms with Crippen LogP contribution in [0.2, 0.25) is 0 Å². The van der Waals surface area contributed by atoms with Crippen molar-refractivity contribution < 1.29 is 17.6 Å². The molecule has 0 fully saturated rings. The number of sulfonamides is 1. The van der Waals surface area contributed by atoms with Gasteiger partial charge in [0.05, 0.1) is 18.4 Å². The SMILES string of the molecule is CN(c1cccc(NC(=O)Cc2ccc(F)cc2)c1)S(C)(=O)=O. The van der Waals surface area contributed by atoms with Crippen LogP contribution in [0.3, 0.4) is 0 Å². The summed E-state index contributed by atoms with van der Waals surface area (Å²) in [6.45, 7) is 0. The van der Waals surface area contributed by atoms with E-state index in [9.17, 15) is 17.6 Å². The van der Waals surface area contributed by atoms with Crippen LogP contribution in [0.5, 0.6) is 0 Å². The van der Waals surface area contributed by atoms with Crippen LogP contribution < -0.4 is 9.62 Å². The third-order valence-electron chi connectivity index (χ3n) is 3.27. The quantitative estimate of drug-likeness (QED) is 0.912. The molecule has 7 heteroatoms. The fraction of sp³-hybridized carbons (Fsp3) is 0.188. The Balaban J connectivity index is 2.08. The fourth-order valence-electron chi connectivity index (χ4n) is 1.96. The molecule has 0 aliphatic carbocycles. The van der Waals surface area contributed by atoms with Crippen LogP contribution >= 0.6 is 0 Å². The Bertz CT molecular complexity index is 804. The minimum atomic E-state index is -3.37. The summed E-state index contributed by atoms with van der Waals surface area (Å²) < 4.78 is 37.0. The molecule has 0 atom stereocenters. The van der Waals surface area contributed by atoms with Gasteiger partial charge in [0, 0.05) is 12.7 Å². The zero-order valence-electron chi connectivity index (χ0n) is 12.8. The molecule has 0 aliphatic heterocycles. The van der Waals surface area contributed by atoms with E-state index in [1.165, 1.54) is 19.2 Å². The highest BCUT2D eigenvalue weighted by molar-refractivity contribution is 7.92. The van der Waals surface area contributed by atoms with Gasteiger partial charge in [-0.15, -0.1) is 0 Å². The van der Waals surface area contributed by atoms with Gasteiger partial charge in [-0.3, -0.25) is 9.10 Å². The number of carbonyl (C=O) groups excluding carboxylic acids is 1. The van der Waals surface area contributed by atoms with Crippen LogP contribution in [-0.4, -0.2) is 27.6 Å². The molecule has 0 saturated heterocycles. The van der Waals surface area contributed by atoms with Gasteiger partial charge in [0.15, 0.2) is 0 Å². The number of amides is 1. The lowest BCUT2D eigenvalue weighted by Gasteiger charge is -2.17. The van der Waals surface area contributed by atoms with Gasteiger partial charge in [-0.2, -0.15) is 0 Å². The molecule has 0 heterocycles. The zero-order valence-corrected chi connectivity index (χ0v) is 13.6. The molecule has 1 amide bonds. The Labute approximate surface area is 134 Å². The predicted octanol–water partition coefficient (Wildman–Crippen LogP) is 2.40. The maximum Gasteiger partial charge on any atom is 0.231 e.